The molecule has 0 aromatic heterocycles. The number of imide groups is 1. The minimum absolute atomic E-state index is 0.104. The number of rotatable bonds is 2. The van der Waals surface area contributed by atoms with Gasteiger partial charge >= 0.3 is 6.03 Å². The molecule has 0 spiro atoms. The van der Waals surface area contributed by atoms with E-state index in [1.165, 1.54) is 6.92 Å². The molecule has 1 aliphatic rings. The van der Waals surface area contributed by atoms with Crippen LogP contribution in [0.5, 0.6) is 0 Å². The van der Waals surface area contributed by atoms with Crippen molar-refractivity contribution in [3.8, 4) is 0 Å². The number of hydrogen-bond donors (Lipinski definition) is 3. The number of nitrogens with one attached hydrogen (secondary N) is 2. The van der Waals surface area contributed by atoms with E-state index < -0.39 is 23.9 Å². The Labute approximate surface area is 74.2 Å². The molecule has 0 aromatic carbocycles. The molecule has 72 valence electrons. The third-order valence-electron chi connectivity index (χ3n) is 1.81. The second-order valence-electron chi connectivity index (χ2n) is 2.67. The van der Waals surface area contributed by atoms with Crippen LogP contribution in [0.2, 0.25) is 0 Å². The van der Waals surface area contributed by atoms with Crippen molar-refractivity contribution >= 4 is 17.8 Å². The highest BCUT2D eigenvalue weighted by Gasteiger charge is 2.33. The van der Waals surface area contributed by atoms with E-state index in [0.717, 1.165) is 4.90 Å². The van der Waals surface area contributed by atoms with Gasteiger partial charge in [-0.15, -0.1) is 0 Å². The number of nitrogens with two attached hydrogens (primary N) is 1. The molecule has 7 nitrogen and oxygen atoms in total. The molecule has 4 amide bonds. The number of hydrazine groups is 1. The van der Waals surface area contributed by atoms with E-state index in [2.05, 4.69) is 5.32 Å². The Kier molecular flexibility index (Phi) is 2.47. The topological polar surface area (TPSA) is 105 Å². The molecule has 1 heterocycles. The standard InChI is InChI=1S/C6H10N4O3/c1-3(5(12)9-7)10-2-4(11)8-6(10)13/h3H,2,7H2,1H3,(H,9,12)(H,8,11,13). The second-order valence-corrected chi connectivity index (χ2v) is 2.67. The lowest BCUT2D eigenvalue weighted by molar-refractivity contribution is -0.125. The zero-order valence-electron chi connectivity index (χ0n) is 7.03. The van der Waals surface area contributed by atoms with Gasteiger partial charge in [-0.3, -0.25) is 20.3 Å². The predicted octanol–water partition coefficient (Wildman–Crippen LogP) is -2.08. The smallest absolute Gasteiger partial charge is 0.303 e. The Hall–Kier alpha value is -1.63. The van der Waals surface area contributed by atoms with Crippen LogP contribution >= 0.6 is 0 Å². The highest BCUT2D eigenvalue weighted by molar-refractivity contribution is 6.03. The summed E-state index contributed by atoms with van der Waals surface area (Å²) in [7, 11) is 0. The molecule has 0 aliphatic carbocycles. The van der Waals surface area contributed by atoms with Crippen molar-refractivity contribution in [1.82, 2.24) is 15.6 Å². The lowest BCUT2D eigenvalue weighted by Gasteiger charge is -2.19. The molecule has 4 N–H and O–H groups in total. The first kappa shape index (κ1) is 9.46. The first-order valence-electron chi connectivity index (χ1n) is 3.67. The van der Waals surface area contributed by atoms with Crippen molar-refractivity contribution in [3.63, 3.8) is 0 Å². The normalized spacial score (nSPS) is 18.5. The summed E-state index contributed by atoms with van der Waals surface area (Å²) in [5.41, 5.74) is 1.91. The SMILES string of the molecule is CC(C(=O)NN)N1CC(=O)NC1=O. The summed E-state index contributed by atoms with van der Waals surface area (Å²) in [6.07, 6.45) is 0. The predicted molar refractivity (Wildman–Crippen MR) is 42.0 cm³/mol. The second kappa shape index (κ2) is 3.40. The number of carbonyl (C=O) groups excluding carboxylic acids is 3. The Morgan fingerprint density at radius 3 is 2.69 bits per heavy atom. The maximum atomic E-state index is 11.0. The Bertz CT molecular complexity index is 265. The molecule has 0 bridgehead atoms. The molecule has 1 saturated heterocycles. The molecule has 1 fully saturated rings. The van der Waals surface area contributed by atoms with E-state index in [0.29, 0.717) is 0 Å². The quantitative estimate of drug-likeness (QED) is 0.199. The van der Waals surface area contributed by atoms with Gasteiger partial charge in [0.2, 0.25) is 5.91 Å². The zero-order valence-corrected chi connectivity index (χ0v) is 7.03. The molecule has 7 heteroatoms. The molecule has 1 rings (SSSR count). The van der Waals surface area contributed by atoms with Gasteiger partial charge in [0.25, 0.3) is 5.91 Å². The first-order chi connectivity index (χ1) is 6.06. The lowest BCUT2D eigenvalue weighted by atomic mass is 10.3. The van der Waals surface area contributed by atoms with Gasteiger partial charge in [-0.1, -0.05) is 0 Å². The van der Waals surface area contributed by atoms with E-state index in [1.54, 1.807) is 0 Å². The van der Waals surface area contributed by atoms with Gasteiger partial charge in [0.15, 0.2) is 0 Å². The third kappa shape index (κ3) is 1.75. The summed E-state index contributed by atoms with van der Waals surface area (Å²) in [5, 5.41) is 2.05. The molecule has 1 atom stereocenters. The summed E-state index contributed by atoms with van der Waals surface area (Å²) in [5.74, 6) is 3.95. The van der Waals surface area contributed by atoms with Crippen LogP contribution in [0.4, 0.5) is 4.79 Å². The Morgan fingerprint density at radius 1 is 1.69 bits per heavy atom. The number of carbonyl (C=O) groups is 3. The summed E-state index contributed by atoms with van der Waals surface area (Å²) >= 11 is 0. The third-order valence-corrected chi connectivity index (χ3v) is 1.81. The highest BCUT2D eigenvalue weighted by atomic mass is 16.2. The Balaban J connectivity index is 2.67. The summed E-state index contributed by atoms with van der Waals surface area (Å²) in [6, 6.07) is -1.31. The van der Waals surface area contributed by atoms with Crippen molar-refractivity contribution in [2.75, 3.05) is 6.54 Å². The molecule has 0 saturated carbocycles. The van der Waals surface area contributed by atoms with Crippen molar-refractivity contribution in [3.05, 3.63) is 0 Å². The molecule has 13 heavy (non-hydrogen) atoms. The molecule has 1 aliphatic heterocycles. The van der Waals surface area contributed by atoms with Crippen molar-refractivity contribution in [2.24, 2.45) is 5.84 Å². The number of urea groups is 1. The molecular weight excluding hydrogens is 176 g/mol. The monoisotopic (exact) mass is 186 g/mol. The van der Waals surface area contributed by atoms with Crippen LogP contribution < -0.4 is 16.6 Å². The van der Waals surface area contributed by atoms with E-state index in [-0.39, 0.29) is 6.54 Å². The van der Waals surface area contributed by atoms with E-state index in [1.807, 2.05) is 5.43 Å². The summed E-state index contributed by atoms with van der Waals surface area (Å²) < 4.78 is 0. The van der Waals surface area contributed by atoms with E-state index in [4.69, 9.17) is 5.84 Å². The van der Waals surface area contributed by atoms with Gasteiger partial charge in [-0.2, -0.15) is 0 Å². The average Bonchev–Trinajstić information content (AvgIpc) is 2.42. The first-order valence-corrected chi connectivity index (χ1v) is 3.67. The van der Waals surface area contributed by atoms with Gasteiger partial charge < -0.3 is 4.90 Å². The van der Waals surface area contributed by atoms with Crippen molar-refractivity contribution in [1.29, 1.82) is 0 Å². The van der Waals surface area contributed by atoms with Gasteiger partial charge in [-0.05, 0) is 6.92 Å². The summed E-state index contributed by atoms with van der Waals surface area (Å²) in [6.45, 7) is 1.38. The van der Waals surface area contributed by atoms with Crippen LogP contribution in [0, 0.1) is 0 Å². The van der Waals surface area contributed by atoms with Crippen LogP contribution in [0.15, 0.2) is 0 Å². The van der Waals surface area contributed by atoms with Crippen LogP contribution in [-0.2, 0) is 9.59 Å². The highest BCUT2D eigenvalue weighted by Crippen LogP contribution is 2.04. The van der Waals surface area contributed by atoms with Gasteiger partial charge in [0.05, 0.1) is 0 Å². The van der Waals surface area contributed by atoms with Crippen LogP contribution in [-0.4, -0.2) is 35.3 Å². The fourth-order valence-electron chi connectivity index (χ4n) is 1.03. The Morgan fingerprint density at radius 2 is 2.31 bits per heavy atom. The van der Waals surface area contributed by atoms with Crippen molar-refractivity contribution < 1.29 is 14.4 Å². The summed E-state index contributed by atoms with van der Waals surface area (Å²) in [4.78, 5) is 33.8. The number of nitrogens with zero attached hydrogens (tertiary/aromatic N) is 1. The largest absolute Gasteiger partial charge is 0.325 e. The molecule has 0 radical (unpaired) electrons. The van der Waals surface area contributed by atoms with Crippen LogP contribution in [0.1, 0.15) is 6.92 Å². The molecular formula is C6H10N4O3. The van der Waals surface area contributed by atoms with Crippen LogP contribution in [0.3, 0.4) is 0 Å². The van der Waals surface area contributed by atoms with Gasteiger partial charge in [0.1, 0.15) is 12.6 Å². The van der Waals surface area contributed by atoms with E-state index >= 15 is 0 Å². The zero-order chi connectivity index (χ0) is 10.0. The maximum Gasteiger partial charge on any atom is 0.325 e. The van der Waals surface area contributed by atoms with Crippen LogP contribution in [0.25, 0.3) is 0 Å². The molecule has 0 aromatic rings. The number of amides is 4. The van der Waals surface area contributed by atoms with Crippen molar-refractivity contribution in [2.45, 2.75) is 13.0 Å². The fraction of sp³-hybridized carbons (Fsp3) is 0.500. The van der Waals surface area contributed by atoms with Gasteiger partial charge in [-0.25, -0.2) is 10.6 Å². The minimum atomic E-state index is -0.739. The molecule has 1 unspecified atom stereocenters. The maximum absolute atomic E-state index is 11.0. The van der Waals surface area contributed by atoms with Gasteiger partial charge in [0, 0.05) is 0 Å². The van der Waals surface area contributed by atoms with E-state index in [9.17, 15) is 14.4 Å². The minimum Gasteiger partial charge on any atom is -0.303 e. The average molecular weight is 186 g/mol. The fourth-order valence-corrected chi connectivity index (χ4v) is 1.03. The number of hydrogen-bond acceptors (Lipinski definition) is 4. The lowest BCUT2D eigenvalue weighted by Crippen LogP contribution is -2.48.